The van der Waals surface area contributed by atoms with Gasteiger partial charge in [0.15, 0.2) is 0 Å². The first-order valence-corrected chi connectivity index (χ1v) is 7.61. The highest BCUT2D eigenvalue weighted by Crippen LogP contribution is 2.30. The van der Waals surface area contributed by atoms with Crippen LogP contribution in [-0.2, 0) is 11.3 Å². The lowest BCUT2D eigenvalue weighted by Gasteiger charge is -2.19. The number of halogens is 1. The van der Waals surface area contributed by atoms with Crippen molar-refractivity contribution >= 4 is 11.6 Å². The number of hydrogen-bond donors (Lipinski definition) is 1. The zero-order valence-electron chi connectivity index (χ0n) is 12.8. The third kappa shape index (κ3) is 3.88. The van der Waals surface area contributed by atoms with Crippen molar-refractivity contribution in [3.63, 3.8) is 0 Å². The van der Waals surface area contributed by atoms with Crippen LogP contribution in [0.3, 0.4) is 0 Å². The molecule has 0 aliphatic rings. The molecule has 0 radical (unpaired) electrons. The van der Waals surface area contributed by atoms with E-state index in [-0.39, 0.29) is 6.04 Å². The molecule has 0 amide bonds. The molecule has 1 atom stereocenters. The molecule has 1 aromatic carbocycles. The van der Waals surface area contributed by atoms with Gasteiger partial charge in [-0.2, -0.15) is 0 Å². The average Bonchev–Trinajstić information content (AvgIpc) is 2.92. The third-order valence-corrected chi connectivity index (χ3v) is 3.88. The van der Waals surface area contributed by atoms with Crippen LogP contribution in [0, 0.1) is 6.92 Å². The molecular formula is C17H22ClNO2. The fourth-order valence-corrected chi connectivity index (χ4v) is 2.54. The maximum absolute atomic E-state index is 6.26. The van der Waals surface area contributed by atoms with Crippen LogP contribution in [0.1, 0.15) is 42.0 Å². The first-order valence-electron chi connectivity index (χ1n) is 7.23. The molecule has 0 spiro atoms. The Morgan fingerprint density at radius 3 is 2.81 bits per heavy atom. The minimum Gasteiger partial charge on any atom is -0.462 e. The second-order valence-corrected chi connectivity index (χ2v) is 5.49. The highest BCUT2D eigenvalue weighted by Gasteiger charge is 2.20. The fraction of sp³-hybridized carbons (Fsp3) is 0.412. The molecule has 0 saturated carbocycles. The van der Waals surface area contributed by atoms with Gasteiger partial charge in [0.25, 0.3) is 0 Å². The highest BCUT2D eigenvalue weighted by atomic mass is 35.5. The van der Waals surface area contributed by atoms with Crippen LogP contribution in [0.4, 0.5) is 0 Å². The van der Waals surface area contributed by atoms with Crippen molar-refractivity contribution in [3.8, 4) is 0 Å². The Labute approximate surface area is 131 Å². The Hall–Kier alpha value is -1.29. The molecule has 1 heterocycles. The Balaban J connectivity index is 2.34. The minimum atomic E-state index is 0.00857. The summed E-state index contributed by atoms with van der Waals surface area (Å²) in [6, 6.07) is 9.95. The van der Waals surface area contributed by atoms with E-state index in [9.17, 15) is 0 Å². The maximum Gasteiger partial charge on any atom is 0.129 e. The molecular weight excluding hydrogens is 286 g/mol. The maximum atomic E-state index is 6.26. The summed E-state index contributed by atoms with van der Waals surface area (Å²) in [5.74, 6) is 1.72. The van der Waals surface area contributed by atoms with Crippen LogP contribution in [0.2, 0.25) is 5.02 Å². The number of nitrogens with one attached hydrogen (secondary N) is 1. The summed E-state index contributed by atoms with van der Waals surface area (Å²) in [4.78, 5) is 0. The topological polar surface area (TPSA) is 34.4 Å². The van der Waals surface area contributed by atoms with Gasteiger partial charge in [-0.1, -0.05) is 30.7 Å². The number of ether oxygens (including phenoxy) is 1. The Morgan fingerprint density at radius 2 is 2.10 bits per heavy atom. The Kier molecular flexibility index (Phi) is 5.85. The van der Waals surface area contributed by atoms with Gasteiger partial charge in [-0.15, -0.1) is 0 Å². The summed E-state index contributed by atoms with van der Waals surface area (Å²) in [5, 5.41) is 4.31. The molecule has 0 fully saturated rings. The smallest absolute Gasteiger partial charge is 0.129 e. The van der Waals surface area contributed by atoms with Gasteiger partial charge in [0.1, 0.15) is 18.1 Å². The lowest BCUT2D eigenvalue weighted by atomic mass is 9.99. The first-order chi connectivity index (χ1) is 10.2. The summed E-state index contributed by atoms with van der Waals surface area (Å²) >= 11 is 6.26. The van der Waals surface area contributed by atoms with Gasteiger partial charge < -0.3 is 14.5 Å². The quantitative estimate of drug-likeness (QED) is 0.819. The molecule has 21 heavy (non-hydrogen) atoms. The average molecular weight is 308 g/mol. The normalized spacial score (nSPS) is 12.6. The predicted octanol–water partition coefficient (Wildman–Crippen LogP) is 4.48. The largest absolute Gasteiger partial charge is 0.462 e. The van der Waals surface area contributed by atoms with Crippen molar-refractivity contribution in [1.29, 1.82) is 0 Å². The van der Waals surface area contributed by atoms with E-state index in [1.165, 1.54) is 0 Å². The van der Waals surface area contributed by atoms with E-state index in [2.05, 4.69) is 18.3 Å². The van der Waals surface area contributed by atoms with Crippen molar-refractivity contribution in [2.75, 3.05) is 13.7 Å². The highest BCUT2D eigenvalue weighted by molar-refractivity contribution is 6.31. The number of methoxy groups -OCH3 is 1. The van der Waals surface area contributed by atoms with Gasteiger partial charge in [0, 0.05) is 12.1 Å². The first kappa shape index (κ1) is 16.1. The minimum absolute atomic E-state index is 0.00857. The zero-order valence-corrected chi connectivity index (χ0v) is 13.5. The van der Waals surface area contributed by atoms with Crippen molar-refractivity contribution in [1.82, 2.24) is 5.32 Å². The predicted molar refractivity (Wildman–Crippen MR) is 85.7 cm³/mol. The lowest BCUT2D eigenvalue weighted by molar-refractivity contribution is 0.162. The summed E-state index contributed by atoms with van der Waals surface area (Å²) in [5.41, 5.74) is 2.23. The molecule has 0 aliphatic carbocycles. The lowest BCUT2D eigenvalue weighted by Crippen LogP contribution is -2.23. The molecule has 0 saturated heterocycles. The Bertz CT molecular complexity index is 580. The van der Waals surface area contributed by atoms with Gasteiger partial charge in [0.2, 0.25) is 0 Å². The molecule has 2 aromatic rings. The van der Waals surface area contributed by atoms with Gasteiger partial charge in [-0.3, -0.25) is 0 Å². The van der Waals surface area contributed by atoms with Crippen LogP contribution >= 0.6 is 11.6 Å². The molecule has 0 bridgehead atoms. The SMILES string of the molecule is CCCNC(c1ccc(COC)o1)c1cccc(Cl)c1C. The number of hydrogen-bond acceptors (Lipinski definition) is 3. The number of benzene rings is 1. The summed E-state index contributed by atoms with van der Waals surface area (Å²) < 4.78 is 11.0. The van der Waals surface area contributed by atoms with E-state index >= 15 is 0 Å². The van der Waals surface area contributed by atoms with Gasteiger partial charge in [0.05, 0.1) is 6.04 Å². The van der Waals surface area contributed by atoms with E-state index in [1.807, 2.05) is 31.2 Å². The molecule has 2 rings (SSSR count). The van der Waals surface area contributed by atoms with Crippen LogP contribution in [0.15, 0.2) is 34.7 Å². The standard InChI is InChI=1S/C17H22ClNO2/c1-4-10-19-17(14-6-5-7-15(18)12(14)2)16-9-8-13(21-16)11-20-3/h5-9,17,19H,4,10-11H2,1-3H3. The van der Waals surface area contributed by atoms with Gasteiger partial charge in [-0.05, 0) is 49.2 Å². The molecule has 1 aromatic heterocycles. The van der Waals surface area contributed by atoms with Crippen LogP contribution in [-0.4, -0.2) is 13.7 Å². The summed E-state index contributed by atoms with van der Waals surface area (Å²) in [6.07, 6.45) is 1.06. The molecule has 3 nitrogen and oxygen atoms in total. The van der Waals surface area contributed by atoms with Gasteiger partial charge >= 0.3 is 0 Å². The molecule has 0 aliphatic heterocycles. The second kappa shape index (κ2) is 7.64. The van der Waals surface area contributed by atoms with E-state index in [1.54, 1.807) is 7.11 Å². The number of furan rings is 1. The zero-order chi connectivity index (χ0) is 15.2. The van der Waals surface area contributed by atoms with Crippen molar-refractivity contribution in [3.05, 3.63) is 58.0 Å². The van der Waals surface area contributed by atoms with Crippen LogP contribution < -0.4 is 5.32 Å². The van der Waals surface area contributed by atoms with Gasteiger partial charge in [-0.25, -0.2) is 0 Å². The monoisotopic (exact) mass is 307 g/mol. The fourth-order valence-electron chi connectivity index (χ4n) is 2.36. The summed E-state index contributed by atoms with van der Waals surface area (Å²) in [6.45, 7) is 5.58. The number of rotatable bonds is 7. The molecule has 114 valence electrons. The molecule has 1 N–H and O–H groups in total. The van der Waals surface area contributed by atoms with E-state index in [0.717, 1.165) is 40.6 Å². The van der Waals surface area contributed by atoms with E-state index < -0.39 is 0 Å². The third-order valence-electron chi connectivity index (χ3n) is 3.47. The van der Waals surface area contributed by atoms with Crippen LogP contribution in [0.5, 0.6) is 0 Å². The van der Waals surface area contributed by atoms with E-state index in [4.69, 9.17) is 20.8 Å². The summed E-state index contributed by atoms with van der Waals surface area (Å²) in [7, 11) is 1.66. The Morgan fingerprint density at radius 1 is 1.29 bits per heavy atom. The second-order valence-electron chi connectivity index (χ2n) is 5.08. The molecule has 4 heteroatoms. The molecule has 1 unspecified atom stereocenters. The van der Waals surface area contributed by atoms with Crippen LogP contribution in [0.25, 0.3) is 0 Å². The van der Waals surface area contributed by atoms with Crippen molar-refractivity contribution < 1.29 is 9.15 Å². The van der Waals surface area contributed by atoms with Crippen molar-refractivity contribution in [2.45, 2.75) is 32.9 Å². The van der Waals surface area contributed by atoms with Crippen molar-refractivity contribution in [2.24, 2.45) is 0 Å². The van der Waals surface area contributed by atoms with E-state index in [0.29, 0.717) is 6.61 Å².